The molecule has 1 saturated heterocycles. The topological polar surface area (TPSA) is 88.5 Å². The highest BCUT2D eigenvalue weighted by Gasteiger charge is 2.45. The van der Waals surface area contributed by atoms with Gasteiger partial charge in [-0.15, -0.1) is 0 Å². The zero-order valence-electron chi connectivity index (χ0n) is 19.6. The molecule has 1 amide bonds. The Morgan fingerprint density at radius 2 is 1.53 bits per heavy atom. The Balaban J connectivity index is 1.47. The Labute approximate surface area is 208 Å². The summed E-state index contributed by atoms with van der Waals surface area (Å²) in [4.78, 5) is 30.5. The number of carboxylic acid groups (broad SMARTS) is 1. The Kier molecular flexibility index (Phi) is 5.73. The Morgan fingerprint density at radius 3 is 2.28 bits per heavy atom. The van der Waals surface area contributed by atoms with Gasteiger partial charge in [-0.25, -0.2) is 0 Å². The minimum atomic E-state index is -0.996. The molecule has 0 aromatic heterocycles. The summed E-state index contributed by atoms with van der Waals surface area (Å²) in [6, 6.07) is 19.3. The summed E-state index contributed by atoms with van der Waals surface area (Å²) < 4.78 is 16.9. The van der Waals surface area contributed by atoms with Crippen molar-refractivity contribution in [2.24, 2.45) is 0 Å². The van der Waals surface area contributed by atoms with Crippen molar-refractivity contribution in [2.75, 3.05) is 49.3 Å². The van der Waals surface area contributed by atoms with E-state index in [1.807, 2.05) is 30.3 Å². The van der Waals surface area contributed by atoms with Crippen LogP contribution in [0.5, 0.6) is 11.5 Å². The molecule has 8 heteroatoms. The predicted molar refractivity (Wildman–Crippen MR) is 133 cm³/mol. The van der Waals surface area contributed by atoms with Gasteiger partial charge in [0.25, 0.3) is 5.91 Å². The summed E-state index contributed by atoms with van der Waals surface area (Å²) in [5.41, 5.74) is 3.26. The molecule has 0 spiro atoms. The standard InChI is InChI=1S/C28H26N2O6/c31-27-22-4-2-1-3-21(22)25(28(32)33)26(18-5-10-23-24(17-18)36-16-15-35-23)30(27)20-8-6-19(7-9-20)29-11-13-34-14-12-29/h1-10,17,25-26H,11-16H2,(H,32,33)/t25-,26+/m0/s1. The first-order valence-electron chi connectivity index (χ1n) is 12.1. The maximum atomic E-state index is 13.9. The highest BCUT2D eigenvalue weighted by Crippen LogP contribution is 2.47. The lowest BCUT2D eigenvalue weighted by Gasteiger charge is -2.41. The molecule has 8 nitrogen and oxygen atoms in total. The summed E-state index contributed by atoms with van der Waals surface area (Å²) >= 11 is 0. The molecule has 1 fully saturated rings. The van der Waals surface area contributed by atoms with Crippen LogP contribution in [0.15, 0.2) is 66.7 Å². The maximum absolute atomic E-state index is 13.9. The van der Waals surface area contributed by atoms with E-state index < -0.39 is 17.9 Å². The third-order valence-electron chi connectivity index (χ3n) is 7.02. The van der Waals surface area contributed by atoms with Crippen molar-refractivity contribution < 1.29 is 28.9 Å². The van der Waals surface area contributed by atoms with Crippen molar-refractivity contribution in [3.63, 3.8) is 0 Å². The number of carboxylic acids is 1. The lowest BCUT2D eigenvalue weighted by Crippen LogP contribution is -2.45. The zero-order valence-corrected chi connectivity index (χ0v) is 19.6. The van der Waals surface area contributed by atoms with Crippen LogP contribution in [0.25, 0.3) is 0 Å². The van der Waals surface area contributed by atoms with Crippen LogP contribution >= 0.6 is 0 Å². The van der Waals surface area contributed by atoms with Crippen molar-refractivity contribution in [1.82, 2.24) is 0 Å². The molecule has 3 aliphatic heterocycles. The lowest BCUT2D eigenvalue weighted by atomic mass is 9.79. The van der Waals surface area contributed by atoms with Crippen molar-refractivity contribution in [2.45, 2.75) is 12.0 Å². The fourth-order valence-corrected chi connectivity index (χ4v) is 5.32. The van der Waals surface area contributed by atoms with Crippen LogP contribution in [-0.4, -0.2) is 56.5 Å². The van der Waals surface area contributed by atoms with Gasteiger partial charge in [0.05, 0.1) is 19.3 Å². The quantitative estimate of drug-likeness (QED) is 0.599. The molecule has 3 aliphatic rings. The number of hydrogen-bond donors (Lipinski definition) is 1. The summed E-state index contributed by atoms with van der Waals surface area (Å²) in [6.45, 7) is 3.83. The molecule has 3 aromatic rings. The monoisotopic (exact) mass is 486 g/mol. The van der Waals surface area contributed by atoms with E-state index in [9.17, 15) is 14.7 Å². The van der Waals surface area contributed by atoms with E-state index >= 15 is 0 Å². The smallest absolute Gasteiger partial charge is 0.313 e. The molecular formula is C28H26N2O6. The van der Waals surface area contributed by atoms with E-state index in [0.717, 1.165) is 18.8 Å². The van der Waals surface area contributed by atoms with Crippen LogP contribution in [-0.2, 0) is 9.53 Å². The summed E-state index contributed by atoms with van der Waals surface area (Å²) in [6.07, 6.45) is 0. The molecule has 3 aromatic carbocycles. The van der Waals surface area contributed by atoms with Crippen molar-refractivity contribution in [1.29, 1.82) is 0 Å². The second-order valence-electron chi connectivity index (χ2n) is 9.04. The van der Waals surface area contributed by atoms with Gasteiger partial charge in [0.2, 0.25) is 0 Å². The third-order valence-corrected chi connectivity index (χ3v) is 7.02. The normalized spacial score (nSPS) is 21.2. The molecule has 36 heavy (non-hydrogen) atoms. The van der Waals surface area contributed by atoms with Gasteiger partial charge in [-0.2, -0.15) is 0 Å². The van der Waals surface area contributed by atoms with Crippen LogP contribution < -0.4 is 19.3 Å². The first-order valence-corrected chi connectivity index (χ1v) is 12.1. The highest BCUT2D eigenvalue weighted by atomic mass is 16.6. The maximum Gasteiger partial charge on any atom is 0.313 e. The summed E-state index contributed by atoms with van der Waals surface area (Å²) in [7, 11) is 0. The molecule has 0 aliphatic carbocycles. The number of aliphatic carboxylic acids is 1. The molecule has 0 radical (unpaired) electrons. The molecule has 0 bridgehead atoms. The van der Waals surface area contributed by atoms with E-state index in [1.165, 1.54) is 0 Å². The van der Waals surface area contributed by atoms with E-state index in [4.69, 9.17) is 14.2 Å². The number of ether oxygens (including phenoxy) is 3. The first kappa shape index (κ1) is 22.4. The molecular weight excluding hydrogens is 460 g/mol. The number of amides is 1. The van der Waals surface area contributed by atoms with Gasteiger partial charge in [0.15, 0.2) is 11.5 Å². The SMILES string of the molecule is O=C(O)[C@H]1c2ccccc2C(=O)N(c2ccc(N3CCOCC3)cc2)[C@@H]1c1ccc2c(c1)OCCO2. The van der Waals surface area contributed by atoms with Crippen molar-refractivity contribution >= 4 is 23.3 Å². The van der Waals surface area contributed by atoms with Gasteiger partial charge in [0.1, 0.15) is 19.1 Å². The third kappa shape index (κ3) is 3.83. The fraction of sp³-hybridized carbons (Fsp3) is 0.286. The lowest BCUT2D eigenvalue weighted by molar-refractivity contribution is -0.139. The second kappa shape index (κ2) is 9.20. The molecule has 2 atom stereocenters. The second-order valence-corrected chi connectivity index (χ2v) is 9.04. The first-order chi connectivity index (χ1) is 17.6. The number of benzene rings is 3. The zero-order chi connectivity index (χ0) is 24.6. The number of hydrogen-bond acceptors (Lipinski definition) is 6. The number of anilines is 2. The van der Waals surface area contributed by atoms with Crippen molar-refractivity contribution in [3.8, 4) is 11.5 Å². The largest absolute Gasteiger partial charge is 0.486 e. The van der Waals surface area contributed by atoms with Crippen LogP contribution in [0.3, 0.4) is 0 Å². The van der Waals surface area contributed by atoms with Crippen LogP contribution in [0.2, 0.25) is 0 Å². The Morgan fingerprint density at radius 1 is 0.833 bits per heavy atom. The Hall–Kier alpha value is -4.04. The van der Waals surface area contributed by atoms with Gasteiger partial charge in [-0.3, -0.25) is 14.5 Å². The molecule has 1 N–H and O–H groups in total. The van der Waals surface area contributed by atoms with Gasteiger partial charge in [0, 0.05) is 30.0 Å². The van der Waals surface area contributed by atoms with Gasteiger partial charge < -0.3 is 24.2 Å². The van der Waals surface area contributed by atoms with E-state index in [0.29, 0.717) is 60.3 Å². The molecule has 3 heterocycles. The van der Waals surface area contributed by atoms with Gasteiger partial charge >= 0.3 is 5.97 Å². The minimum Gasteiger partial charge on any atom is -0.486 e. The number of morpholine rings is 1. The molecule has 0 saturated carbocycles. The average Bonchev–Trinajstić information content (AvgIpc) is 2.93. The predicted octanol–water partition coefficient (Wildman–Crippen LogP) is 3.86. The number of fused-ring (bicyclic) bond motifs is 2. The Bertz CT molecular complexity index is 1300. The van der Waals surface area contributed by atoms with Crippen LogP contribution in [0.4, 0.5) is 11.4 Å². The summed E-state index contributed by atoms with van der Waals surface area (Å²) in [5, 5.41) is 10.4. The molecule has 184 valence electrons. The molecule has 0 unspecified atom stereocenters. The van der Waals surface area contributed by atoms with E-state index in [1.54, 1.807) is 41.3 Å². The van der Waals surface area contributed by atoms with E-state index in [2.05, 4.69) is 4.90 Å². The number of rotatable bonds is 4. The number of carbonyl (C=O) groups excluding carboxylic acids is 1. The number of carbonyl (C=O) groups is 2. The summed E-state index contributed by atoms with van der Waals surface area (Å²) in [5.74, 6) is -1.02. The van der Waals surface area contributed by atoms with Crippen LogP contribution in [0, 0.1) is 0 Å². The van der Waals surface area contributed by atoms with Crippen LogP contribution in [0.1, 0.15) is 33.4 Å². The van der Waals surface area contributed by atoms with Gasteiger partial charge in [-0.05, 0) is 53.6 Å². The highest BCUT2D eigenvalue weighted by molar-refractivity contribution is 6.11. The fourth-order valence-electron chi connectivity index (χ4n) is 5.32. The van der Waals surface area contributed by atoms with Crippen molar-refractivity contribution in [3.05, 3.63) is 83.4 Å². The van der Waals surface area contributed by atoms with Gasteiger partial charge in [-0.1, -0.05) is 24.3 Å². The molecule has 6 rings (SSSR count). The average molecular weight is 487 g/mol. The minimum absolute atomic E-state index is 0.234. The number of nitrogens with zero attached hydrogens (tertiary/aromatic N) is 2. The van der Waals surface area contributed by atoms with E-state index in [-0.39, 0.29) is 5.91 Å².